The van der Waals surface area contributed by atoms with E-state index in [-0.39, 0.29) is 10.5 Å². The number of rotatable bonds is 7. The molecule has 2 aromatic carbocycles. The van der Waals surface area contributed by atoms with E-state index in [1.807, 2.05) is 36.4 Å². The minimum absolute atomic E-state index is 0.200. The first-order valence-corrected chi connectivity index (χ1v) is 10.1. The van der Waals surface area contributed by atoms with Crippen molar-refractivity contribution in [2.75, 3.05) is 11.5 Å². The number of ketones is 1. The van der Waals surface area contributed by atoms with E-state index < -0.39 is 0 Å². The Balaban J connectivity index is 1.50. The third-order valence-electron chi connectivity index (χ3n) is 3.77. The van der Waals surface area contributed by atoms with Gasteiger partial charge < -0.3 is 0 Å². The summed E-state index contributed by atoms with van der Waals surface area (Å²) in [4.78, 5) is 13.9. The highest BCUT2D eigenvalue weighted by atomic mass is 35.5. The Morgan fingerprint density at radius 2 is 1.48 bits per heavy atom. The molecule has 0 amide bonds. The lowest BCUT2D eigenvalue weighted by atomic mass is 10.1. The minimum Gasteiger partial charge on any atom is -0.293 e. The van der Waals surface area contributed by atoms with Crippen LogP contribution in [-0.4, -0.2) is 22.0 Å². The highest BCUT2D eigenvalue weighted by Crippen LogP contribution is 2.51. The van der Waals surface area contributed by atoms with Crippen molar-refractivity contribution in [2.45, 2.75) is 22.5 Å². The quantitative estimate of drug-likeness (QED) is 0.320. The van der Waals surface area contributed by atoms with Gasteiger partial charge in [-0.15, -0.1) is 23.5 Å². The Hall–Kier alpha value is -0.610. The molecule has 0 aromatic heterocycles. The van der Waals surface area contributed by atoms with Gasteiger partial charge >= 0.3 is 0 Å². The van der Waals surface area contributed by atoms with Crippen LogP contribution in [0.15, 0.2) is 53.4 Å². The van der Waals surface area contributed by atoms with E-state index in [0.717, 1.165) is 34.9 Å². The third-order valence-corrected chi connectivity index (χ3v) is 7.10. The second-order valence-electron chi connectivity index (χ2n) is 5.48. The van der Waals surface area contributed by atoms with Gasteiger partial charge in [0.05, 0.1) is 4.75 Å². The predicted molar refractivity (Wildman–Crippen MR) is 102 cm³/mol. The van der Waals surface area contributed by atoms with Crippen molar-refractivity contribution in [2.24, 2.45) is 0 Å². The van der Waals surface area contributed by atoms with Gasteiger partial charge in [0, 0.05) is 32.0 Å². The van der Waals surface area contributed by atoms with Crippen LogP contribution in [-0.2, 0) is 0 Å². The largest absolute Gasteiger partial charge is 0.293 e. The van der Waals surface area contributed by atoms with Crippen LogP contribution in [0, 0.1) is 0 Å². The number of hydrogen-bond donors (Lipinski definition) is 0. The van der Waals surface area contributed by atoms with E-state index >= 15 is 0 Å². The Labute approximate surface area is 155 Å². The maximum Gasteiger partial charge on any atom is 0.178 e. The number of carbonyl (C=O) groups excluding carboxylic acids is 1. The highest BCUT2D eigenvalue weighted by Gasteiger charge is 2.50. The summed E-state index contributed by atoms with van der Waals surface area (Å²) in [5, 5.41) is 1.42. The lowest BCUT2D eigenvalue weighted by molar-refractivity contribution is 0.0981. The first-order chi connectivity index (χ1) is 11.1. The second-order valence-corrected chi connectivity index (χ2v) is 9.00. The van der Waals surface area contributed by atoms with Crippen molar-refractivity contribution in [3.05, 3.63) is 64.1 Å². The summed E-state index contributed by atoms with van der Waals surface area (Å²) in [7, 11) is 0. The zero-order valence-electron chi connectivity index (χ0n) is 12.4. The third kappa shape index (κ3) is 4.48. The minimum atomic E-state index is -0.200. The summed E-state index contributed by atoms with van der Waals surface area (Å²) in [5.74, 6) is 2.20. The SMILES string of the molecule is O=C(c1ccc(Cl)cc1)C1(SCCSc2ccc(Cl)cc2)CC1. The summed E-state index contributed by atoms with van der Waals surface area (Å²) < 4.78 is -0.200. The first-order valence-electron chi connectivity index (χ1n) is 7.42. The smallest absolute Gasteiger partial charge is 0.178 e. The zero-order valence-corrected chi connectivity index (χ0v) is 15.6. The fourth-order valence-corrected chi connectivity index (χ4v) is 4.86. The van der Waals surface area contributed by atoms with Crippen LogP contribution < -0.4 is 0 Å². The molecule has 0 radical (unpaired) electrons. The lowest BCUT2D eigenvalue weighted by Gasteiger charge is -2.13. The molecule has 0 aliphatic heterocycles. The molecule has 0 saturated heterocycles. The van der Waals surface area contributed by atoms with Crippen molar-refractivity contribution in [3.8, 4) is 0 Å². The maximum atomic E-state index is 12.7. The van der Waals surface area contributed by atoms with E-state index in [4.69, 9.17) is 23.2 Å². The van der Waals surface area contributed by atoms with Gasteiger partial charge in [0.2, 0.25) is 0 Å². The van der Waals surface area contributed by atoms with Crippen LogP contribution in [0.3, 0.4) is 0 Å². The van der Waals surface area contributed by atoms with Crippen LogP contribution in [0.25, 0.3) is 0 Å². The average Bonchev–Trinajstić information content (AvgIpc) is 3.34. The fourth-order valence-electron chi connectivity index (χ4n) is 2.34. The van der Waals surface area contributed by atoms with Gasteiger partial charge in [-0.25, -0.2) is 0 Å². The number of Topliss-reactive ketones (excluding diaryl/α,β-unsaturated/α-hetero) is 1. The number of benzene rings is 2. The molecule has 0 spiro atoms. The van der Waals surface area contributed by atoms with Crippen molar-refractivity contribution in [1.82, 2.24) is 0 Å². The summed E-state index contributed by atoms with van der Waals surface area (Å²) in [6, 6.07) is 15.1. The Morgan fingerprint density at radius 1 is 0.913 bits per heavy atom. The Kier molecular flexibility index (Phi) is 5.63. The van der Waals surface area contributed by atoms with E-state index in [1.54, 1.807) is 35.7 Å². The molecule has 1 saturated carbocycles. The first kappa shape index (κ1) is 17.2. The molecule has 1 aliphatic rings. The predicted octanol–water partition coefficient (Wildman–Crippen LogP) is 6.23. The van der Waals surface area contributed by atoms with Gasteiger partial charge in [0.25, 0.3) is 0 Å². The van der Waals surface area contributed by atoms with Gasteiger partial charge in [0.1, 0.15) is 0 Å². The van der Waals surface area contributed by atoms with Crippen molar-refractivity contribution in [3.63, 3.8) is 0 Å². The lowest BCUT2D eigenvalue weighted by Crippen LogP contribution is -2.19. The summed E-state index contributed by atoms with van der Waals surface area (Å²) >= 11 is 15.4. The van der Waals surface area contributed by atoms with Gasteiger partial charge in [-0.2, -0.15) is 0 Å². The molecule has 23 heavy (non-hydrogen) atoms. The average molecular weight is 383 g/mol. The molecule has 5 heteroatoms. The molecule has 0 N–H and O–H groups in total. The molecule has 0 unspecified atom stereocenters. The van der Waals surface area contributed by atoms with Crippen LogP contribution in [0.2, 0.25) is 10.0 Å². The molecule has 3 rings (SSSR count). The Morgan fingerprint density at radius 3 is 2.04 bits per heavy atom. The second kappa shape index (κ2) is 7.52. The summed E-state index contributed by atoms with van der Waals surface area (Å²) in [5.41, 5.74) is 0.768. The van der Waals surface area contributed by atoms with Gasteiger partial charge in [0.15, 0.2) is 5.78 Å². The fraction of sp³-hybridized carbons (Fsp3) is 0.278. The van der Waals surface area contributed by atoms with Crippen LogP contribution in [0.4, 0.5) is 0 Å². The standard InChI is InChI=1S/C18H16Cl2OS2/c19-14-3-1-13(2-4-14)17(21)18(9-10-18)23-12-11-22-16-7-5-15(20)6-8-16/h1-8H,9-12H2. The Bertz CT molecular complexity index is 679. The van der Waals surface area contributed by atoms with E-state index in [1.165, 1.54) is 4.90 Å². The summed E-state index contributed by atoms with van der Waals surface area (Å²) in [6.07, 6.45) is 1.95. The van der Waals surface area contributed by atoms with Crippen molar-refractivity contribution >= 4 is 52.5 Å². The normalized spacial score (nSPS) is 15.4. The van der Waals surface area contributed by atoms with Gasteiger partial charge in [-0.3, -0.25) is 4.79 Å². The molecule has 120 valence electrons. The van der Waals surface area contributed by atoms with Crippen LogP contribution in [0.5, 0.6) is 0 Å². The van der Waals surface area contributed by atoms with Gasteiger partial charge in [-0.05, 0) is 61.4 Å². The van der Waals surface area contributed by atoms with E-state index in [2.05, 4.69) is 0 Å². The number of carbonyl (C=O) groups is 1. The monoisotopic (exact) mass is 382 g/mol. The molecule has 2 aromatic rings. The van der Waals surface area contributed by atoms with Gasteiger partial charge in [-0.1, -0.05) is 23.2 Å². The highest BCUT2D eigenvalue weighted by molar-refractivity contribution is 8.04. The molecule has 1 fully saturated rings. The maximum absolute atomic E-state index is 12.7. The van der Waals surface area contributed by atoms with Crippen molar-refractivity contribution < 1.29 is 4.79 Å². The summed E-state index contributed by atoms with van der Waals surface area (Å²) in [6.45, 7) is 0. The van der Waals surface area contributed by atoms with Crippen LogP contribution >= 0.6 is 46.7 Å². The van der Waals surface area contributed by atoms with Crippen LogP contribution in [0.1, 0.15) is 23.2 Å². The molecule has 0 atom stereocenters. The number of thioether (sulfide) groups is 2. The molecular formula is C18H16Cl2OS2. The molecule has 0 heterocycles. The molecule has 1 nitrogen and oxygen atoms in total. The zero-order chi connectivity index (χ0) is 16.3. The topological polar surface area (TPSA) is 17.1 Å². The van der Waals surface area contributed by atoms with E-state index in [0.29, 0.717) is 5.02 Å². The number of halogens is 2. The molecule has 0 bridgehead atoms. The van der Waals surface area contributed by atoms with Crippen molar-refractivity contribution in [1.29, 1.82) is 0 Å². The molecular weight excluding hydrogens is 367 g/mol. The van der Waals surface area contributed by atoms with E-state index in [9.17, 15) is 4.79 Å². The molecule has 1 aliphatic carbocycles. The number of hydrogen-bond acceptors (Lipinski definition) is 3.